The average molecular weight is 262 g/mol. The van der Waals surface area contributed by atoms with Crippen LogP contribution in [0.2, 0.25) is 0 Å². The van der Waals surface area contributed by atoms with E-state index in [0.717, 1.165) is 12.1 Å². The van der Waals surface area contributed by atoms with E-state index < -0.39 is 12.0 Å². The largest absolute Gasteiger partial charge is 0.480 e. The number of amides is 1. The first-order valence-electron chi connectivity index (χ1n) is 6.52. The summed E-state index contributed by atoms with van der Waals surface area (Å²) in [5.41, 5.74) is 1.47. The van der Waals surface area contributed by atoms with Gasteiger partial charge in [0, 0.05) is 13.0 Å². The zero-order valence-electron chi connectivity index (χ0n) is 10.9. The molecule has 1 heterocycles. The molecule has 0 bridgehead atoms. The molecule has 0 aliphatic carbocycles. The monoisotopic (exact) mass is 262 g/mol. The fourth-order valence-corrected chi connectivity index (χ4v) is 2.26. The molecular formula is C14H18N2O3. The Hall–Kier alpha value is -2.04. The number of carbonyl (C=O) groups excluding carboxylic acids is 1. The van der Waals surface area contributed by atoms with Crippen LogP contribution in [0.1, 0.15) is 26.2 Å². The van der Waals surface area contributed by atoms with Crippen molar-refractivity contribution in [2.24, 2.45) is 0 Å². The minimum absolute atomic E-state index is 0.0950. The summed E-state index contributed by atoms with van der Waals surface area (Å²) in [5, 5.41) is 12.1. The van der Waals surface area contributed by atoms with E-state index in [-0.39, 0.29) is 5.91 Å². The first-order valence-corrected chi connectivity index (χ1v) is 6.52. The van der Waals surface area contributed by atoms with Crippen LogP contribution in [0.25, 0.3) is 0 Å². The van der Waals surface area contributed by atoms with Gasteiger partial charge in [0.15, 0.2) is 0 Å². The number of rotatable bonds is 5. The van der Waals surface area contributed by atoms with E-state index in [1.165, 1.54) is 0 Å². The topological polar surface area (TPSA) is 69.6 Å². The molecule has 5 heteroatoms. The number of benzene rings is 1. The predicted molar refractivity (Wildman–Crippen MR) is 73.4 cm³/mol. The van der Waals surface area contributed by atoms with Gasteiger partial charge >= 0.3 is 5.97 Å². The zero-order chi connectivity index (χ0) is 13.8. The van der Waals surface area contributed by atoms with Crippen molar-refractivity contribution >= 4 is 23.3 Å². The van der Waals surface area contributed by atoms with Crippen LogP contribution >= 0.6 is 0 Å². The fourth-order valence-electron chi connectivity index (χ4n) is 2.26. The summed E-state index contributed by atoms with van der Waals surface area (Å²) in [5.74, 6) is -0.789. The van der Waals surface area contributed by atoms with Crippen LogP contribution in [0.4, 0.5) is 11.4 Å². The maximum Gasteiger partial charge on any atom is 0.326 e. The molecule has 2 N–H and O–H groups in total. The van der Waals surface area contributed by atoms with E-state index in [0.29, 0.717) is 25.1 Å². The molecule has 1 aromatic carbocycles. The molecular weight excluding hydrogens is 244 g/mol. The van der Waals surface area contributed by atoms with Crippen molar-refractivity contribution in [1.29, 1.82) is 0 Å². The Bertz CT molecular complexity index is 487. The molecule has 102 valence electrons. The number of hydrogen-bond donors (Lipinski definition) is 2. The number of nitrogens with zero attached hydrogens (tertiary/aromatic N) is 1. The molecule has 1 fully saturated rings. The van der Waals surface area contributed by atoms with Gasteiger partial charge in [-0.25, -0.2) is 4.79 Å². The lowest BCUT2D eigenvalue weighted by Gasteiger charge is -2.22. The summed E-state index contributed by atoms with van der Waals surface area (Å²) in [7, 11) is 0. The van der Waals surface area contributed by atoms with Crippen molar-refractivity contribution in [1.82, 2.24) is 0 Å². The Kier molecular flexibility index (Phi) is 4.04. The van der Waals surface area contributed by atoms with Gasteiger partial charge < -0.3 is 15.3 Å². The summed E-state index contributed by atoms with van der Waals surface area (Å²) in [6.07, 6.45) is 1.89. The van der Waals surface area contributed by atoms with E-state index in [2.05, 4.69) is 5.32 Å². The van der Waals surface area contributed by atoms with Crippen molar-refractivity contribution in [3.63, 3.8) is 0 Å². The van der Waals surface area contributed by atoms with E-state index in [1.54, 1.807) is 4.90 Å². The highest BCUT2D eigenvalue weighted by Crippen LogP contribution is 2.30. The Morgan fingerprint density at radius 2 is 2.21 bits per heavy atom. The molecule has 1 atom stereocenters. The van der Waals surface area contributed by atoms with Crippen molar-refractivity contribution in [3.05, 3.63) is 24.3 Å². The van der Waals surface area contributed by atoms with Gasteiger partial charge in [0.05, 0.1) is 11.4 Å². The summed E-state index contributed by atoms with van der Waals surface area (Å²) in [6.45, 7) is 2.51. The summed E-state index contributed by atoms with van der Waals surface area (Å²) in [4.78, 5) is 24.6. The van der Waals surface area contributed by atoms with Crippen molar-refractivity contribution in [2.75, 3.05) is 16.8 Å². The quantitative estimate of drug-likeness (QED) is 0.852. The third-order valence-corrected chi connectivity index (χ3v) is 3.30. The van der Waals surface area contributed by atoms with Crippen molar-refractivity contribution < 1.29 is 14.7 Å². The van der Waals surface area contributed by atoms with Crippen LogP contribution in [0.5, 0.6) is 0 Å². The van der Waals surface area contributed by atoms with Crippen LogP contribution in [-0.4, -0.2) is 29.6 Å². The molecule has 0 spiro atoms. The molecule has 0 radical (unpaired) electrons. The van der Waals surface area contributed by atoms with E-state index in [9.17, 15) is 9.59 Å². The van der Waals surface area contributed by atoms with Gasteiger partial charge in [0.25, 0.3) is 0 Å². The average Bonchev–Trinajstić information content (AvgIpc) is 2.82. The number of carbonyl (C=O) groups is 2. The Labute approximate surface area is 112 Å². The number of carboxylic acid groups (broad SMARTS) is 1. The number of hydrogen-bond acceptors (Lipinski definition) is 3. The van der Waals surface area contributed by atoms with Crippen LogP contribution in [0.3, 0.4) is 0 Å². The van der Waals surface area contributed by atoms with Crippen molar-refractivity contribution in [3.8, 4) is 0 Å². The summed E-state index contributed by atoms with van der Waals surface area (Å²) < 4.78 is 0. The summed E-state index contributed by atoms with van der Waals surface area (Å²) in [6, 6.07) is 6.71. The van der Waals surface area contributed by atoms with Gasteiger partial charge in [-0.3, -0.25) is 4.79 Å². The first-order chi connectivity index (χ1) is 9.13. The lowest BCUT2D eigenvalue weighted by atomic mass is 10.2. The number of aliphatic carboxylic acids is 1. The maximum atomic E-state index is 11.8. The Morgan fingerprint density at radius 1 is 1.47 bits per heavy atom. The highest BCUT2D eigenvalue weighted by atomic mass is 16.4. The first kappa shape index (κ1) is 13.4. The van der Waals surface area contributed by atoms with Crippen molar-refractivity contribution in [2.45, 2.75) is 32.2 Å². The molecule has 1 aliphatic rings. The third-order valence-electron chi connectivity index (χ3n) is 3.30. The smallest absolute Gasteiger partial charge is 0.326 e. The van der Waals surface area contributed by atoms with Crippen LogP contribution in [0.15, 0.2) is 24.3 Å². The minimum atomic E-state index is -0.884. The molecule has 0 aromatic heterocycles. The second-order valence-electron chi connectivity index (χ2n) is 4.61. The standard InChI is InChI=1S/C14H18N2O3/c1-2-10(14(18)19)15-11-6-3-4-7-12(11)16-9-5-8-13(16)17/h3-4,6-7,10,15H,2,5,8-9H2,1H3,(H,18,19). The van der Waals surface area contributed by atoms with Gasteiger partial charge in [-0.05, 0) is 25.0 Å². The highest BCUT2D eigenvalue weighted by molar-refractivity contribution is 5.98. The molecule has 19 heavy (non-hydrogen) atoms. The van der Waals surface area contributed by atoms with E-state index in [1.807, 2.05) is 31.2 Å². The Morgan fingerprint density at radius 3 is 2.79 bits per heavy atom. The van der Waals surface area contributed by atoms with Crippen LogP contribution in [-0.2, 0) is 9.59 Å². The van der Waals surface area contributed by atoms with Gasteiger partial charge in [0.1, 0.15) is 6.04 Å². The molecule has 1 saturated heterocycles. The number of carboxylic acids is 1. The minimum Gasteiger partial charge on any atom is -0.480 e. The van der Waals surface area contributed by atoms with Crippen LogP contribution < -0.4 is 10.2 Å². The number of nitrogens with one attached hydrogen (secondary N) is 1. The van der Waals surface area contributed by atoms with Gasteiger partial charge in [0.2, 0.25) is 5.91 Å². The lowest BCUT2D eigenvalue weighted by molar-refractivity contribution is -0.138. The van der Waals surface area contributed by atoms with E-state index >= 15 is 0 Å². The third kappa shape index (κ3) is 2.86. The molecule has 2 rings (SSSR count). The SMILES string of the molecule is CCC(Nc1ccccc1N1CCCC1=O)C(=O)O. The fraction of sp³-hybridized carbons (Fsp3) is 0.429. The lowest BCUT2D eigenvalue weighted by Crippen LogP contribution is -2.30. The van der Waals surface area contributed by atoms with Crippen LogP contribution in [0, 0.1) is 0 Å². The van der Waals surface area contributed by atoms with Gasteiger partial charge in [-0.15, -0.1) is 0 Å². The molecule has 1 aliphatic heterocycles. The second-order valence-corrected chi connectivity index (χ2v) is 4.61. The van der Waals surface area contributed by atoms with Gasteiger partial charge in [-0.1, -0.05) is 19.1 Å². The number of anilines is 2. The molecule has 0 saturated carbocycles. The second kappa shape index (κ2) is 5.73. The molecule has 5 nitrogen and oxygen atoms in total. The highest BCUT2D eigenvalue weighted by Gasteiger charge is 2.25. The molecule has 1 unspecified atom stereocenters. The predicted octanol–water partition coefficient (Wildman–Crippen LogP) is 2.09. The summed E-state index contributed by atoms with van der Waals surface area (Å²) >= 11 is 0. The zero-order valence-corrected chi connectivity index (χ0v) is 10.9. The normalized spacial score (nSPS) is 16.5. The molecule has 1 aromatic rings. The maximum absolute atomic E-state index is 11.8. The number of para-hydroxylation sites is 2. The van der Waals surface area contributed by atoms with Gasteiger partial charge in [-0.2, -0.15) is 0 Å². The van der Waals surface area contributed by atoms with E-state index in [4.69, 9.17) is 5.11 Å². The molecule has 1 amide bonds. The Balaban J connectivity index is 2.25.